The average Bonchev–Trinajstić information content (AvgIpc) is 2.83. The van der Waals surface area contributed by atoms with Crippen molar-refractivity contribution in [1.82, 2.24) is 25.0 Å². The molecule has 0 saturated heterocycles. The molecule has 86 valence electrons. The van der Waals surface area contributed by atoms with Gasteiger partial charge in [-0.25, -0.2) is 9.67 Å². The van der Waals surface area contributed by atoms with Gasteiger partial charge in [0.05, 0.1) is 17.3 Å². The van der Waals surface area contributed by atoms with Gasteiger partial charge in [-0.1, -0.05) is 0 Å². The lowest BCUT2D eigenvalue weighted by molar-refractivity contribution is 0.788. The van der Waals surface area contributed by atoms with E-state index in [1.54, 1.807) is 10.9 Å². The molecule has 3 N–H and O–H groups in total. The van der Waals surface area contributed by atoms with Crippen molar-refractivity contribution in [3.8, 4) is 11.4 Å². The molecule has 0 atom stereocenters. The van der Waals surface area contributed by atoms with Crippen LogP contribution in [0.5, 0.6) is 0 Å². The minimum atomic E-state index is 0.624. The molecule has 0 aliphatic heterocycles. The highest BCUT2D eigenvalue weighted by Gasteiger charge is 2.13. The summed E-state index contributed by atoms with van der Waals surface area (Å²) in [7, 11) is 1.86. The number of nitrogens with zero attached hydrogens (tertiary/aromatic N) is 4. The van der Waals surface area contributed by atoms with Gasteiger partial charge in [0.1, 0.15) is 11.4 Å². The van der Waals surface area contributed by atoms with E-state index >= 15 is 0 Å². The van der Waals surface area contributed by atoms with Crippen LogP contribution in [0.3, 0.4) is 0 Å². The number of aromatic nitrogens is 5. The van der Waals surface area contributed by atoms with Gasteiger partial charge in [-0.05, 0) is 19.1 Å². The predicted molar refractivity (Wildman–Crippen MR) is 65.2 cm³/mol. The normalized spacial score (nSPS) is 11.2. The Morgan fingerprint density at radius 1 is 1.35 bits per heavy atom. The number of H-pyrrole nitrogens is 1. The van der Waals surface area contributed by atoms with Crippen LogP contribution in [0.2, 0.25) is 0 Å². The topological polar surface area (TPSA) is 85.4 Å². The van der Waals surface area contributed by atoms with Gasteiger partial charge in [-0.2, -0.15) is 10.2 Å². The minimum absolute atomic E-state index is 0.624. The third kappa shape index (κ3) is 1.45. The van der Waals surface area contributed by atoms with Gasteiger partial charge in [-0.15, -0.1) is 0 Å². The van der Waals surface area contributed by atoms with E-state index in [4.69, 9.17) is 5.73 Å². The molecule has 3 rings (SSSR count). The van der Waals surface area contributed by atoms with Crippen molar-refractivity contribution in [2.45, 2.75) is 6.92 Å². The molecule has 0 amide bonds. The maximum absolute atomic E-state index is 5.76. The second-order valence-electron chi connectivity index (χ2n) is 4.05. The van der Waals surface area contributed by atoms with Gasteiger partial charge in [0.15, 0.2) is 5.65 Å². The number of aromatic amines is 1. The van der Waals surface area contributed by atoms with Crippen LogP contribution >= 0.6 is 0 Å². The Labute approximate surface area is 97.5 Å². The maximum atomic E-state index is 5.76. The zero-order valence-corrected chi connectivity index (χ0v) is 9.60. The van der Waals surface area contributed by atoms with Crippen LogP contribution in [0, 0.1) is 6.92 Å². The number of aryl methyl sites for hydroxylation is 2. The van der Waals surface area contributed by atoms with Crippen molar-refractivity contribution >= 4 is 16.7 Å². The molecule has 0 fully saturated rings. The number of fused-ring (bicyclic) bond motifs is 1. The van der Waals surface area contributed by atoms with Crippen molar-refractivity contribution in [1.29, 1.82) is 0 Å². The Morgan fingerprint density at radius 2 is 2.18 bits per heavy atom. The summed E-state index contributed by atoms with van der Waals surface area (Å²) >= 11 is 0. The monoisotopic (exact) mass is 228 g/mol. The molecule has 0 spiro atoms. The predicted octanol–water partition coefficient (Wildman–Crippen LogP) is 1.25. The molecule has 0 bridgehead atoms. The highest BCUT2D eigenvalue weighted by molar-refractivity contribution is 5.91. The standard InChI is InChI=1S/C11H12N6/c1-6-3-9(15-14-6)10-8-4-7(12)5-13-11(8)17(2)16-10/h3-5H,12H2,1-2H3,(H,14,15). The number of anilines is 1. The fourth-order valence-corrected chi connectivity index (χ4v) is 1.89. The molecule has 3 aromatic rings. The van der Waals surface area contributed by atoms with Crippen LogP contribution in [0.25, 0.3) is 22.4 Å². The first kappa shape index (κ1) is 9.83. The van der Waals surface area contributed by atoms with Crippen LogP contribution in [0.1, 0.15) is 5.69 Å². The molecule has 0 radical (unpaired) electrons. The zero-order chi connectivity index (χ0) is 12.0. The van der Waals surface area contributed by atoms with Crippen molar-refractivity contribution < 1.29 is 0 Å². The Kier molecular flexibility index (Phi) is 1.91. The van der Waals surface area contributed by atoms with Gasteiger partial charge in [0.2, 0.25) is 0 Å². The lowest BCUT2D eigenvalue weighted by Gasteiger charge is -1.94. The first-order valence-electron chi connectivity index (χ1n) is 5.26. The van der Waals surface area contributed by atoms with E-state index in [0.29, 0.717) is 5.69 Å². The van der Waals surface area contributed by atoms with E-state index in [-0.39, 0.29) is 0 Å². The highest BCUT2D eigenvalue weighted by atomic mass is 15.3. The summed E-state index contributed by atoms with van der Waals surface area (Å²) in [5.74, 6) is 0. The van der Waals surface area contributed by atoms with Gasteiger partial charge >= 0.3 is 0 Å². The van der Waals surface area contributed by atoms with E-state index in [2.05, 4.69) is 20.3 Å². The minimum Gasteiger partial charge on any atom is -0.397 e. The van der Waals surface area contributed by atoms with E-state index < -0.39 is 0 Å². The molecule has 3 heterocycles. The van der Waals surface area contributed by atoms with E-state index in [9.17, 15) is 0 Å². The second-order valence-corrected chi connectivity index (χ2v) is 4.05. The quantitative estimate of drug-likeness (QED) is 0.656. The van der Waals surface area contributed by atoms with Crippen LogP contribution < -0.4 is 5.73 Å². The summed E-state index contributed by atoms with van der Waals surface area (Å²) in [6, 6.07) is 3.82. The van der Waals surface area contributed by atoms with Gasteiger partial charge in [0.25, 0.3) is 0 Å². The van der Waals surface area contributed by atoms with Gasteiger partial charge < -0.3 is 5.73 Å². The van der Waals surface area contributed by atoms with Crippen molar-refractivity contribution in [3.05, 3.63) is 24.0 Å². The number of rotatable bonds is 1. The molecule has 17 heavy (non-hydrogen) atoms. The van der Waals surface area contributed by atoms with E-state index in [1.807, 2.05) is 26.1 Å². The zero-order valence-electron chi connectivity index (χ0n) is 9.60. The fourth-order valence-electron chi connectivity index (χ4n) is 1.89. The van der Waals surface area contributed by atoms with Gasteiger partial charge in [-0.3, -0.25) is 5.10 Å². The summed E-state index contributed by atoms with van der Waals surface area (Å²) in [5, 5.41) is 12.5. The van der Waals surface area contributed by atoms with Crippen molar-refractivity contribution in [2.75, 3.05) is 5.73 Å². The summed E-state index contributed by atoms with van der Waals surface area (Å²) in [6.45, 7) is 1.95. The van der Waals surface area contributed by atoms with E-state index in [1.165, 1.54) is 0 Å². The highest BCUT2D eigenvalue weighted by Crippen LogP contribution is 2.26. The van der Waals surface area contributed by atoms with Gasteiger partial charge in [0, 0.05) is 12.7 Å². The smallest absolute Gasteiger partial charge is 0.158 e. The number of nitrogens with one attached hydrogen (secondary N) is 1. The number of hydrogen-bond acceptors (Lipinski definition) is 4. The first-order chi connectivity index (χ1) is 8.15. The Morgan fingerprint density at radius 3 is 2.88 bits per heavy atom. The van der Waals surface area contributed by atoms with Crippen LogP contribution in [0.4, 0.5) is 5.69 Å². The Bertz CT molecular complexity index is 693. The lowest BCUT2D eigenvalue weighted by atomic mass is 10.2. The summed E-state index contributed by atoms with van der Waals surface area (Å²) in [5.41, 5.74) is 9.78. The summed E-state index contributed by atoms with van der Waals surface area (Å²) in [4.78, 5) is 4.27. The van der Waals surface area contributed by atoms with Crippen molar-refractivity contribution in [2.24, 2.45) is 7.05 Å². The largest absolute Gasteiger partial charge is 0.397 e. The average molecular weight is 228 g/mol. The van der Waals surface area contributed by atoms with Crippen LogP contribution in [-0.4, -0.2) is 25.0 Å². The molecule has 0 aromatic carbocycles. The molecule has 6 heteroatoms. The second kappa shape index (κ2) is 3.31. The lowest BCUT2D eigenvalue weighted by Crippen LogP contribution is -1.92. The molecular weight excluding hydrogens is 216 g/mol. The van der Waals surface area contributed by atoms with Crippen molar-refractivity contribution in [3.63, 3.8) is 0 Å². The molecule has 0 unspecified atom stereocenters. The molecule has 0 aliphatic carbocycles. The Balaban J connectivity index is 2.33. The Hall–Kier alpha value is -2.37. The summed E-state index contributed by atoms with van der Waals surface area (Å²) in [6.07, 6.45) is 1.63. The number of nitrogens with two attached hydrogens (primary N) is 1. The third-order valence-corrected chi connectivity index (χ3v) is 2.65. The van der Waals surface area contributed by atoms with Crippen LogP contribution in [0.15, 0.2) is 18.3 Å². The number of pyridine rings is 1. The number of hydrogen-bond donors (Lipinski definition) is 2. The first-order valence-corrected chi connectivity index (χ1v) is 5.26. The number of nitrogen functional groups attached to an aromatic ring is 1. The third-order valence-electron chi connectivity index (χ3n) is 2.65. The molecular formula is C11H12N6. The molecule has 3 aromatic heterocycles. The molecule has 0 aliphatic rings. The van der Waals surface area contributed by atoms with Crippen LogP contribution in [-0.2, 0) is 7.05 Å². The molecule has 6 nitrogen and oxygen atoms in total. The fraction of sp³-hybridized carbons (Fsp3) is 0.182. The van der Waals surface area contributed by atoms with E-state index in [0.717, 1.165) is 28.1 Å². The SMILES string of the molecule is Cc1cc(-c2nn(C)c3ncc(N)cc23)n[nH]1. The summed E-state index contributed by atoms with van der Waals surface area (Å²) < 4.78 is 1.73. The maximum Gasteiger partial charge on any atom is 0.158 e. The molecule has 0 saturated carbocycles.